The molecule has 2 atom stereocenters. The van der Waals surface area contributed by atoms with Gasteiger partial charge < -0.3 is 4.57 Å². The summed E-state index contributed by atoms with van der Waals surface area (Å²) in [7, 11) is 1.60. The van der Waals surface area contributed by atoms with Gasteiger partial charge in [-0.05, 0) is 28.1 Å². The molecule has 0 unspecified atom stereocenters. The molecule has 9 heteroatoms. The van der Waals surface area contributed by atoms with Crippen LogP contribution in [-0.4, -0.2) is 36.3 Å². The summed E-state index contributed by atoms with van der Waals surface area (Å²) in [6.07, 6.45) is 0.448. The fourth-order valence-electron chi connectivity index (χ4n) is 4.06. The molecular formula is C16H15BrN4O4. The van der Waals surface area contributed by atoms with Crippen LogP contribution in [0.2, 0.25) is 0 Å². The molecule has 4 rings (SSSR count). The van der Waals surface area contributed by atoms with E-state index >= 15 is 0 Å². The topological polar surface area (TPSA) is 86.3 Å². The second kappa shape index (κ2) is 5.04. The third kappa shape index (κ3) is 1.87. The lowest BCUT2D eigenvalue weighted by molar-refractivity contribution is -0.129. The Morgan fingerprint density at radius 3 is 2.44 bits per heavy atom. The minimum atomic E-state index is -0.686. The highest BCUT2D eigenvalue weighted by Gasteiger charge is 2.51. The molecule has 3 heterocycles. The molecule has 25 heavy (non-hydrogen) atoms. The molecule has 0 radical (unpaired) electrons. The fourth-order valence-corrected chi connectivity index (χ4v) is 4.65. The zero-order valence-corrected chi connectivity index (χ0v) is 15.4. The third-order valence-electron chi connectivity index (χ3n) is 5.04. The van der Waals surface area contributed by atoms with Crippen LogP contribution in [-0.2, 0) is 18.3 Å². The summed E-state index contributed by atoms with van der Waals surface area (Å²) >= 11 is 3.45. The smallest absolute Gasteiger partial charge is 0.325 e. The second-order valence-corrected chi connectivity index (χ2v) is 7.16. The molecule has 1 aliphatic heterocycles. The maximum atomic E-state index is 12.9. The molecule has 2 aromatic rings. The van der Waals surface area contributed by atoms with Gasteiger partial charge >= 0.3 is 5.69 Å². The largest absolute Gasteiger partial charge is 0.335 e. The first-order chi connectivity index (χ1) is 11.8. The summed E-state index contributed by atoms with van der Waals surface area (Å²) in [6, 6.07) is 2.48. The molecule has 2 aromatic heterocycles. The molecule has 2 amide bonds. The number of imidazole rings is 1. The van der Waals surface area contributed by atoms with Crippen LogP contribution in [0.1, 0.15) is 52.6 Å². The number of amides is 2. The van der Waals surface area contributed by atoms with Gasteiger partial charge in [0.25, 0.3) is 5.91 Å². The van der Waals surface area contributed by atoms with Gasteiger partial charge in [0.05, 0.1) is 16.3 Å². The summed E-state index contributed by atoms with van der Waals surface area (Å²) in [5.74, 6) is -1.28. The van der Waals surface area contributed by atoms with E-state index in [9.17, 15) is 19.2 Å². The van der Waals surface area contributed by atoms with Gasteiger partial charge in [-0.3, -0.25) is 23.9 Å². The Kier molecular flexibility index (Phi) is 3.24. The van der Waals surface area contributed by atoms with Crippen LogP contribution in [0, 0.1) is 0 Å². The van der Waals surface area contributed by atoms with Crippen molar-refractivity contribution in [3.05, 3.63) is 44.3 Å². The Bertz CT molecular complexity index is 1030. The predicted octanol–water partition coefficient (Wildman–Crippen LogP) is 1.25. The van der Waals surface area contributed by atoms with E-state index in [0.29, 0.717) is 23.5 Å². The van der Waals surface area contributed by atoms with Crippen molar-refractivity contribution in [2.45, 2.75) is 32.4 Å². The molecule has 0 saturated heterocycles. The number of carbonyl (C=O) groups is 3. The van der Waals surface area contributed by atoms with Crippen LogP contribution in [0.15, 0.2) is 21.5 Å². The van der Waals surface area contributed by atoms with Crippen LogP contribution in [0.3, 0.4) is 0 Å². The van der Waals surface area contributed by atoms with Gasteiger partial charge in [0.1, 0.15) is 11.7 Å². The fraction of sp³-hybridized carbons (Fsp3) is 0.375. The first kappa shape index (κ1) is 16.1. The molecule has 2 aliphatic rings. The Hall–Kier alpha value is -2.42. The number of aromatic nitrogens is 3. The van der Waals surface area contributed by atoms with Crippen molar-refractivity contribution in [3.8, 4) is 0 Å². The lowest BCUT2D eigenvalue weighted by atomic mass is 10.0. The van der Waals surface area contributed by atoms with Crippen LogP contribution in [0.25, 0.3) is 0 Å². The molecule has 8 nitrogen and oxygen atoms in total. The van der Waals surface area contributed by atoms with Crippen molar-refractivity contribution in [2.75, 3.05) is 0 Å². The van der Waals surface area contributed by atoms with Crippen LogP contribution in [0.5, 0.6) is 0 Å². The van der Waals surface area contributed by atoms with Gasteiger partial charge in [0.2, 0.25) is 11.8 Å². The van der Waals surface area contributed by atoms with Crippen LogP contribution >= 0.6 is 15.9 Å². The van der Waals surface area contributed by atoms with Gasteiger partial charge in [-0.25, -0.2) is 9.36 Å². The number of nitrogens with zero attached hydrogens (tertiary/aromatic N) is 4. The van der Waals surface area contributed by atoms with Gasteiger partial charge in [-0.1, -0.05) is 0 Å². The molecule has 1 aliphatic carbocycles. The van der Waals surface area contributed by atoms with Gasteiger partial charge in [0, 0.05) is 33.0 Å². The highest BCUT2D eigenvalue weighted by atomic mass is 79.9. The molecular weight excluding hydrogens is 392 g/mol. The number of halogens is 1. The SMILES string of the molecule is CC(=O)N1C(=O)c2ccc(Br)n2[C@@H]2Cc3c(n(C(C)=O)c(=O)n3C)[C@@H]21. The number of hydrogen-bond acceptors (Lipinski definition) is 4. The zero-order chi connectivity index (χ0) is 18.2. The van der Waals surface area contributed by atoms with Crippen LogP contribution < -0.4 is 5.69 Å². The number of carbonyl (C=O) groups excluding carboxylic acids is 3. The Morgan fingerprint density at radius 2 is 1.84 bits per heavy atom. The quantitative estimate of drug-likeness (QED) is 0.658. The first-order valence-corrected chi connectivity index (χ1v) is 8.57. The number of fused-ring (bicyclic) bond motifs is 5. The van der Waals surface area contributed by atoms with Crippen molar-refractivity contribution in [1.29, 1.82) is 0 Å². The number of rotatable bonds is 0. The lowest BCUT2D eigenvalue weighted by Crippen LogP contribution is -2.47. The molecule has 0 N–H and O–H groups in total. The second-order valence-electron chi connectivity index (χ2n) is 6.35. The van der Waals surface area contributed by atoms with E-state index < -0.39 is 29.5 Å². The minimum Gasteiger partial charge on any atom is -0.325 e. The van der Waals surface area contributed by atoms with E-state index in [1.54, 1.807) is 19.2 Å². The monoisotopic (exact) mass is 406 g/mol. The van der Waals surface area contributed by atoms with E-state index in [-0.39, 0.29) is 6.04 Å². The summed E-state index contributed by atoms with van der Waals surface area (Å²) < 4.78 is 5.06. The van der Waals surface area contributed by atoms with Crippen molar-refractivity contribution in [3.63, 3.8) is 0 Å². The highest BCUT2D eigenvalue weighted by molar-refractivity contribution is 9.10. The van der Waals surface area contributed by atoms with E-state index in [1.807, 2.05) is 4.57 Å². The molecule has 130 valence electrons. The summed E-state index contributed by atoms with van der Waals surface area (Å²) in [6.45, 7) is 2.62. The number of imide groups is 1. The average molecular weight is 407 g/mol. The Labute approximate surface area is 150 Å². The third-order valence-corrected chi connectivity index (χ3v) is 5.68. The Morgan fingerprint density at radius 1 is 1.16 bits per heavy atom. The number of hydrogen-bond donors (Lipinski definition) is 0. The maximum Gasteiger partial charge on any atom is 0.335 e. The maximum absolute atomic E-state index is 12.9. The molecule has 0 spiro atoms. The van der Waals surface area contributed by atoms with Crippen LogP contribution in [0.4, 0.5) is 0 Å². The summed E-state index contributed by atoms with van der Waals surface area (Å²) in [5.41, 5.74) is 1.06. The minimum absolute atomic E-state index is 0.261. The molecule has 0 saturated carbocycles. The van der Waals surface area contributed by atoms with E-state index in [0.717, 1.165) is 14.1 Å². The van der Waals surface area contributed by atoms with E-state index in [4.69, 9.17) is 0 Å². The van der Waals surface area contributed by atoms with E-state index in [1.165, 1.54) is 18.4 Å². The van der Waals surface area contributed by atoms with Crippen molar-refractivity contribution >= 4 is 33.7 Å². The standard InChI is InChI=1S/C16H15BrN4O4/c1-7(22)19-14-11(21-9(15(19)24)4-5-12(21)17)6-10-13(14)20(8(2)23)16(25)18(10)3/h4-5,11,14H,6H2,1-3H3/t11-,14-/m1/s1. The first-order valence-electron chi connectivity index (χ1n) is 7.78. The summed E-state index contributed by atoms with van der Waals surface area (Å²) in [4.78, 5) is 50.8. The predicted molar refractivity (Wildman–Crippen MR) is 90.4 cm³/mol. The van der Waals surface area contributed by atoms with Gasteiger partial charge in [-0.2, -0.15) is 0 Å². The molecule has 0 fully saturated rings. The van der Waals surface area contributed by atoms with Crippen molar-refractivity contribution in [1.82, 2.24) is 18.6 Å². The summed E-state index contributed by atoms with van der Waals surface area (Å²) in [5, 5.41) is 0. The molecule has 0 bridgehead atoms. The Balaban J connectivity index is 2.05. The van der Waals surface area contributed by atoms with E-state index in [2.05, 4.69) is 15.9 Å². The highest BCUT2D eigenvalue weighted by Crippen LogP contribution is 2.48. The lowest BCUT2D eigenvalue weighted by Gasteiger charge is -2.37. The molecule has 0 aromatic carbocycles. The van der Waals surface area contributed by atoms with Gasteiger partial charge in [0.15, 0.2) is 0 Å². The van der Waals surface area contributed by atoms with Crippen molar-refractivity contribution in [2.24, 2.45) is 7.05 Å². The zero-order valence-electron chi connectivity index (χ0n) is 13.8. The average Bonchev–Trinajstić information content (AvgIpc) is 3.14. The van der Waals surface area contributed by atoms with Gasteiger partial charge in [-0.15, -0.1) is 0 Å². The normalized spacial score (nSPS) is 21.1. The van der Waals surface area contributed by atoms with Crippen molar-refractivity contribution < 1.29 is 14.4 Å².